The zero-order valence-corrected chi connectivity index (χ0v) is 16.3. The summed E-state index contributed by atoms with van der Waals surface area (Å²) in [5.74, 6) is -0.274. The third-order valence-corrected chi connectivity index (χ3v) is 4.73. The molecule has 5 heteroatoms. The monoisotopic (exact) mass is 388 g/mol. The van der Waals surface area contributed by atoms with E-state index in [9.17, 15) is 9.50 Å². The van der Waals surface area contributed by atoms with E-state index in [1.807, 2.05) is 18.5 Å². The number of hydrogen-bond donors (Lipinski definition) is 2. The Hall–Kier alpha value is -2.01. The van der Waals surface area contributed by atoms with Gasteiger partial charge in [0.05, 0.1) is 6.10 Å². The van der Waals surface area contributed by atoms with Gasteiger partial charge in [0.25, 0.3) is 0 Å². The number of aliphatic hydroxyl groups is 1. The van der Waals surface area contributed by atoms with Gasteiger partial charge in [0.15, 0.2) is 0 Å². The van der Waals surface area contributed by atoms with Crippen molar-refractivity contribution in [3.63, 3.8) is 0 Å². The maximum atomic E-state index is 12.9. The molecule has 0 aliphatic rings. The van der Waals surface area contributed by atoms with Gasteiger partial charge in [-0.25, -0.2) is 4.39 Å². The molecule has 0 saturated heterocycles. The minimum Gasteiger partial charge on any atom is -0.388 e. The van der Waals surface area contributed by atoms with Gasteiger partial charge in [-0.2, -0.15) is 0 Å². The van der Waals surface area contributed by atoms with E-state index in [0.29, 0.717) is 12.5 Å². The normalized spacial score (nSPS) is 13.1. The molecule has 3 rings (SSSR count). The van der Waals surface area contributed by atoms with E-state index in [-0.39, 0.29) is 18.2 Å². The van der Waals surface area contributed by atoms with Gasteiger partial charge < -0.3 is 10.4 Å². The molecule has 0 aliphatic carbocycles. The standard InChI is InChI=1S/C22H25FN2O.ClH/c1-16(3-2-4-22(26)18-7-9-21(23)10-8-18)25-14-17-5-6-20-15-24-12-11-19(20)13-17;/h5-13,15-16,22,25-26H,2-4,14H2,1H3;1H/t16-,22-;/m1./s1. The number of halogens is 2. The van der Waals surface area contributed by atoms with Crippen LogP contribution in [0.3, 0.4) is 0 Å². The summed E-state index contributed by atoms with van der Waals surface area (Å²) in [5.41, 5.74) is 2.03. The van der Waals surface area contributed by atoms with Gasteiger partial charge in [0, 0.05) is 30.4 Å². The third kappa shape index (κ3) is 6.28. The van der Waals surface area contributed by atoms with Gasteiger partial charge in [0.1, 0.15) is 5.82 Å². The Balaban J connectivity index is 0.00000261. The Morgan fingerprint density at radius 3 is 2.59 bits per heavy atom. The fourth-order valence-electron chi connectivity index (χ4n) is 3.11. The van der Waals surface area contributed by atoms with Crippen LogP contribution in [0.5, 0.6) is 0 Å². The van der Waals surface area contributed by atoms with Crippen molar-refractivity contribution in [1.82, 2.24) is 10.3 Å². The van der Waals surface area contributed by atoms with Crippen molar-refractivity contribution < 1.29 is 9.50 Å². The quantitative estimate of drug-likeness (QED) is 0.559. The highest BCUT2D eigenvalue weighted by atomic mass is 35.5. The number of fused-ring (bicyclic) bond motifs is 1. The summed E-state index contributed by atoms with van der Waals surface area (Å²) >= 11 is 0. The molecular formula is C22H26ClFN2O. The van der Waals surface area contributed by atoms with E-state index in [1.54, 1.807) is 12.1 Å². The molecule has 2 atom stereocenters. The Morgan fingerprint density at radius 2 is 1.81 bits per heavy atom. The number of nitrogens with one attached hydrogen (secondary N) is 1. The first-order valence-corrected chi connectivity index (χ1v) is 9.11. The molecule has 2 N–H and O–H groups in total. The van der Waals surface area contributed by atoms with Crippen LogP contribution in [-0.2, 0) is 6.54 Å². The minimum absolute atomic E-state index is 0. The highest BCUT2D eigenvalue weighted by molar-refractivity contribution is 5.85. The van der Waals surface area contributed by atoms with Crippen LogP contribution in [0.4, 0.5) is 4.39 Å². The van der Waals surface area contributed by atoms with Gasteiger partial charge in [-0.05, 0) is 67.0 Å². The summed E-state index contributed by atoms with van der Waals surface area (Å²) in [6.07, 6.45) is 5.74. The molecule has 0 bridgehead atoms. The number of nitrogens with zero attached hydrogens (tertiary/aromatic N) is 1. The van der Waals surface area contributed by atoms with E-state index in [1.165, 1.54) is 23.1 Å². The van der Waals surface area contributed by atoms with Crippen LogP contribution in [0.15, 0.2) is 60.9 Å². The second kappa shape index (κ2) is 10.4. The maximum Gasteiger partial charge on any atom is 0.123 e. The first-order chi connectivity index (χ1) is 12.6. The summed E-state index contributed by atoms with van der Waals surface area (Å²) in [5, 5.41) is 16.1. The van der Waals surface area contributed by atoms with Crippen molar-refractivity contribution in [1.29, 1.82) is 0 Å². The predicted octanol–water partition coefficient (Wildman–Crippen LogP) is 5.18. The topological polar surface area (TPSA) is 45.1 Å². The van der Waals surface area contributed by atoms with Crippen molar-refractivity contribution >= 4 is 23.2 Å². The van der Waals surface area contributed by atoms with Crippen molar-refractivity contribution in [3.8, 4) is 0 Å². The fraction of sp³-hybridized carbons (Fsp3) is 0.318. The Labute approximate surface area is 166 Å². The summed E-state index contributed by atoms with van der Waals surface area (Å²) in [7, 11) is 0. The number of pyridine rings is 1. The molecule has 144 valence electrons. The van der Waals surface area contributed by atoms with Gasteiger partial charge >= 0.3 is 0 Å². The van der Waals surface area contributed by atoms with Crippen LogP contribution in [0.2, 0.25) is 0 Å². The summed E-state index contributed by atoms with van der Waals surface area (Å²) < 4.78 is 12.9. The molecule has 2 aromatic carbocycles. The number of aliphatic hydroxyl groups excluding tert-OH is 1. The van der Waals surface area contributed by atoms with Gasteiger partial charge in [-0.15, -0.1) is 12.4 Å². The van der Waals surface area contributed by atoms with Gasteiger partial charge in [-0.1, -0.05) is 24.3 Å². The summed E-state index contributed by atoms with van der Waals surface area (Å²) in [6.45, 7) is 2.98. The molecule has 0 spiro atoms. The molecule has 0 radical (unpaired) electrons. The number of hydrogen-bond acceptors (Lipinski definition) is 3. The molecule has 1 heterocycles. The van der Waals surface area contributed by atoms with Crippen LogP contribution in [0.1, 0.15) is 43.4 Å². The van der Waals surface area contributed by atoms with E-state index >= 15 is 0 Å². The van der Waals surface area contributed by atoms with Gasteiger partial charge in [0.2, 0.25) is 0 Å². The SMILES string of the molecule is C[C@H](CCC[C@@H](O)c1ccc(F)cc1)NCc1ccc2cnccc2c1.Cl. The smallest absolute Gasteiger partial charge is 0.123 e. The number of rotatable bonds is 8. The lowest BCUT2D eigenvalue weighted by Gasteiger charge is -2.16. The predicted molar refractivity (Wildman–Crippen MR) is 111 cm³/mol. The number of benzene rings is 2. The largest absolute Gasteiger partial charge is 0.388 e. The first-order valence-electron chi connectivity index (χ1n) is 9.11. The van der Waals surface area contributed by atoms with E-state index in [4.69, 9.17) is 0 Å². The van der Waals surface area contributed by atoms with E-state index < -0.39 is 6.10 Å². The molecular weight excluding hydrogens is 363 g/mol. The minimum atomic E-state index is -0.531. The lowest BCUT2D eigenvalue weighted by molar-refractivity contribution is 0.162. The van der Waals surface area contributed by atoms with Crippen LogP contribution >= 0.6 is 12.4 Å². The summed E-state index contributed by atoms with van der Waals surface area (Å²) in [6, 6.07) is 14.9. The highest BCUT2D eigenvalue weighted by Gasteiger charge is 2.09. The molecule has 0 aliphatic heterocycles. The summed E-state index contributed by atoms with van der Waals surface area (Å²) in [4.78, 5) is 4.14. The molecule has 3 aromatic rings. The fourth-order valence-corrected chi connectivity index (χ4v) is 3.11. The van der Waals surface area contributed by atoms with Gasteiger partial charge in [-0.3, -0.25) is 4.98 Å². The van der Waals surface area contributed by atoms with Crippen LogP contribution in [0, 0.1) is 5.82 Å². The average Bonchev–Trinajstić information content (AvgIpc) is 2.66. The molecule has 0 saturated carbocycles. The molecule has 0 fully saturated rings. The first kappa shape index (κ1) is 21.3. The average molecular weight is 389 g/mol. The Kier molecular flexibility index (Phi) is 8.17. The second-order valence-electron chi connectivity index (χ2n) is 6.84. The Morgan fingerprint density at radius 1 is 1.04 bits per heavy atom. The third-order valence-electron chi connectivity index (χ3n) is 4.73. The highest BCUT2D eigenvalue weighted by Crippen LogP contribution is 2.20. The maximum absolute atomic E-state index is 12.9. The Bertz CT molecular complexity index is 841. The number of aromatic nitrogens is 1. The molecule has 27 heavy (non-hydrogen) atoms. The zero-order valence-electron chi connectivity index (χ0n) is 15.4. The molecule has 3 nitrogen and oxygen atoms in total. The van der Waals surface area contributed by atoms with Crippen LogP contribution in [-0.4, -0.2) is 16.1 Å². The van der Waals surface area contributed by atoms with Crippen LogP contribution in [0.25, 0.3) is 10.8 Å². The van der Waals surface area contributed by atoms with E-state index in [2.05, 4.69) is 35.4 Å². The second-order valence-corrected chi connectivity index (χ2v) is 6.84. The molecule has 1 aromatic heterocycles. The molecule has 0 unspecified atom stereocenters. The zero-order chi connectivity index (χ0) is 18.4. The van der Waals surface area contributed by atoms with Crippen molar-refractivity contribution in [3.05, 3.63) is 77.9 Å². The van der Waals surface area contributed by atoms with Crippen molar-refractivity contribution in [2.45, 2.75) is 44.9 Å². The van der Waals surface area contributed by atoms with Crippen molar-refractivity contribution in [2.24, 2.45) is 0 Å². The lowest BCUT2D eigenvalue weighted by atomic mass is 10.0. The van der Waals surface area contributed by atoms with E-state index in [0.717, 1.165) is 30.3 Å². The van der Waals surface area contributed by atoms with Crippen LogP contribution < -0.4 is 5.32 Å². The van der Waals surface area contributed by atoms with Crippen molar-refractivity contribution in [2.75, 3.05) is 0 Å². The lowest BCUT2D eigenvalue weighted by Crippen LogP contribution is -2.25. The molecule has 0 amide bonds.